The van der Waals surface area contributed by atoms with Crippen LogP contribution in [0.2, 0.25) is 0 Å². The normalized spacial score (nSPS) is 13.9. The van der Waals surface area contributed by atoms with Crippen LogP contribution in [0.25, 0.3) is 0 Å². The summed E-state index contributed by atoms with van der Waals surface area (Å²) in [6.45, 7) is 4.74. The van der Waals surface area contributed by atoms with Gasteiger partial charge in [-0.2, -0.15) is 13.2 Å². The van der Waals surface area contributed by atoms with Gasteiger partial charge < -0.3 is 10.1 Å². The fourth-order valence-corrected chi connectivity index (χ4v) is 1.61. The highest BCUT2D eigenvalue weighted by molar-refractivity contribution is 5.75. The third kappa shape index (κ3) is 8.05. The zero-order chi connectivity index (χ0) is 15.1. The average molecular weight is 284 g/mol. The van der Waals surface area contributed by atoms with Gasteiger partial charge in [-0.05, 0) is 26.8 Å². The van der Waals surface area contributed by atoms with E-state index in [1.165, 1.54) is 12.0 Å². The molecule has 0 aromatic rings. The van der Waals surface area contributed by atoms with Crippen LogP contribution in [0.3, 0.4) is 0 Å². The van der Waals surface area contributed by atoms with E-state index in [4.69, 9.17) is 0 Å². The molecule has 1 N–H and O–H groups in total. The van der Waals surface area contributed by atoms with Crippen LogP contribution in [0.1, 0.15) is 27.2 Å². The molecule has 0 aromatic carbocycles. The summed E-state index contributed by atoms with van der Waals surface area (Å²) in [7, 11) is 1.23. The van der Waals surface area contributed by atoms with Crippen molar-refractivity contribution in [3.05, 3.63) is 0 Å². The van der Waals surface area contributed by atoms with Gasteiger partial charge in [0.25, 0.3) is 0 Å². The maximum Gasteiger partial charge on any atom is 0.401 e. The van der Waals surface area contributed by atoms with Crippen molar-refractivity contribution in [3.63, 3.8) is 0 Å². The molecule has 0 heterocycles. The summed E-state index contributed by atoms with van der Waals surface area (Å²) < 4.78 is 42.0. The van der Waals surface area contributed by atoms with Crippen molar-refractivity contribution in [2.24, 2.45) is 0 Å². The van der Waals surface area contributed by atoms with Crippen LogP contribution < -0.4 is 5.32 Å². The molecule has 0 aliphatic heterocycles. The smallest absolute Gasteiger partial charge is 0.401 e. The summed E-state index contributed by atoms with van der Waals surface area (Å²) in [5.41, 5.74) is 0. The molecule has 1 unspecified atom stereocenters. The topological polar surface area (TPSA) is 41.6 Å². The van der Waals surface area contributed by atoms with Gasteiger partial charge in [-0.25, -0.2) is 0 Å². The fourth-order valence-electron chi connectivity index (χ4n) is 1.61. The number of carbonyl (C=O) groups is 1. The molecule has 114 valence electrons. The van der Waals surface area contributed by atoms with Gasteiger partial charge in [0.2, 0.25) is 0 Å². The van der Waals surface area contributed by atoms with E-state index in [1.54, 1.807) is 13.8 Å². The van der Waals surface area contributed by atoms with Crippen LogP contribution in [-0.4, -0.2) is 55.9 Å². The van der Waals surface area contributed by atoms with E-state index < -0.39 is 24.7 Å². The standard InChI is InChI=1S/C12H23F3N2O2/c1-5-6-16-10(11(18)19-4)7-17(9(2)3)8-12(13,14)15/h9-10,16H,5-8H2,1-4H3. The Kier molecular flexibility index (Phi) is 8.01. The maximum atomic E-state index is 12.5. The van der Waals surface area contributed by atoms with Crippen LogP contribution in [0.15, 0.2) is 0 Å². The van der Waals surface area contributed by atoms with Crippen molar-refractivity contribution < 1.29 is 22.7 Å². The van der Waals surface area contributed by atoms with Gasteiger partial charge in [-0.15, -0.1) is 0 Å². The Hall–Kier alpha value is -0.820. The minimum absolute atomic E-state index is 0.0240. The molecule has 7 heteroatoms. The SMILES string of the molecule is CCCNC(CN(CC(F)(F)F)C(C)C)C(=O)OC. The van der Waals surface area contributed by atoms with Gasteiger partial charge in [0.1, 0.15) is 6.04 Å². The molecule has 0 amide bonds. The number of carbonyl (C=O) groups excluding carboxylic acids is 1. The molecule has 0 saturated carbocycles. The largest absolute Gasteiger partial charge is 0.468 e. The summed E-state index contributed by atoms with van der Waals surface area (Å²) in [5, 5.41) is 2.91. The number of hydrogen-bond donors (Lipinski definition) is 1. The van der Waals surface area contributed by atoms with Crippen molar-refractivity contribution in [2.75, 3.05) is 26.7 Å². The average Bonchev–Trinajstić information content (AvgIpc) is 2.30. The summed E-state index contributed by atoms with van der Waals surface area (Å²) in [6.07, 6.45) is -3.50. The van der Waals surface area contributed by atoms with E-state index >= 15 is 0 Å². The van der Waals surface area contributed by atoms with Crippen LogP contribution in [0.4, 0.5) is 13.2 Å². The van der Waals surface area contributed by atoms with Crippen molar-refractivity contribution in [1.29, 1.82) is 0 Å². The second kappa shape index (κ2) is 8.37. The minimum Gasteiger partial charge on any atom is -0.468 e. The molecule has 0 spiro atoms. The van der Waals surface area contributed by atoms with E-state index in [9.17, 15) is 18.0 Å². The Morgan fingerprint density at radius 2 is 1.95 bits per heavy atom. The number of halogens is 3. The lowest BCUT2D eigenvalue weighted by molar-refractivity contribution is -0.155. The van der Waals surface area contributed by atoms with E-state index in [0.29, 0.717) is 6.54 Å². The number of hydrogen-bond acceptors (Lipinski definition) is 4. The fraction of sp³-hybridized carbons (Fsp3) is 0.917. The first-order valence-corrected chi connectivity index (χ1v) is 6.33. The van der Waals surface area contributed by atoms with Gasteiger partial charge in [-0.1, -0.05) is 6.92 Å². The van der Waals surface area contributed by atoms with Gasteiger partial charge in [0.15, 0.2) is 0 Å². The van der Waals surface area contributed by atoms with Gasteiger partial charge in [0.05, 0.1) is 13.7 Å². The molecular weight excluding hydrogens is 261 g/mol. The quantitative estimate of drug-likeness (QED) is 0.690. The van der Waals surface area contributed by atoms with Crippen molar-refractivity contribution in [1.82, 2.24) is 10.2 Å². The van der Waals surface area contributed by atoms with E-state index in [0.717, 1.165) is 6.42 Å². The predicted molar refractivity (Wildman–Crippen MR) is 66.9 cm³/mol. The highest BCUT2D eigenvalue weighted by Gasteiger charge is 2.34. The molecule has 0 fully saturated rings. The van der Waals surface area contributed by atoms with Gasteiger partial charge >= 0.3 is 12.1 Å². The Balaban J connectivity index is 4.68. The molecular formula is C12H23F3N2O2. The maximum absolute atomic E-state index is 12.5. The molecule has 0 aromatic heterocycles. The summed E-state index contributed by atoms with van der Waals surface area (Å²) >= 11 is 0. The number of nitrogens with one attached hydrogen (secondary N) is 1. The number of nitrogens with zero attached hydrogens (tertiary/aromatic N) is 1. The summed E-state index contributed by atoms with van der Waals surface area (Å²) in [4.78, 5) is 12.8. The Morgan fingerprint density at radius 3 is 2.32 bits per heavy atom. The van der Waals surface area contributed by atoms with E-state index in [1.807, 2.05) is 6.92 Å². The summed E-state index contributed by atoms with van der Waals surface area (Å²) in [6, 6.07) is -1.05. The van der Waals surface area contributed by atoms with Crippen LogP contribution in [0, 0.1) is 0 Å². The predicted octanol–water partition coefficient (Wildman–Crippen LogP) is 1.80. The van der Waals surface area contributed by atoms with E-state index in [-0.39, 0.29) is 12.6 Å². The second-order valence-corrected chi connectivity index (χ2v) is 4.67. The third-order valence-corrected chi connectivity index (χ3v) is 2.66. The molecule has 0 rings (SSSR count). The van der Waals surface area contributed by atoms with Gasteiger partial charge in [0, 0.05) is 12.6 Å². The number of esters is 1. The van der Waals surface area contributed by atoms with Crippen molar-refractivity contribution >= 4 is 5.97 Å². The van der Waals surface area contributed by atoms with Crippen LogP contribution in [0.5, 0.6) is 0 Å². The molecule has 19 heavy (non-hydrogen) atoms. The highest BCUT2D eigenvalue weighted by atomic mass is 19.4. The number of ether oxygens (including phenoxy) is 1. The Morgan fingerprint density at radius 1 is 1.37 bits per heavy atom. The summed E-state index contributed by atoms with van der Waals surface area (Å²) in [5.74, 6) is -0.540. The first kappa shape index (κ1) is 18.2. The number of alkyl halides is 3. The monoisotopic (exact) mass is 284 g/mol. The molecule has 0 radical (unpaired) electrons. The first-order chi connectivity index (χ1) is 8.71. The lowest BCUT2D eigenvalue weighted by Gasteiger charge is -2.30. The Labute approximate surface area is 112 Å². The lowest BCUT2D eigenvalue weighted by atomic mass is 10.2. The molecule has 0 bridgehead atoms. The van der Waals surface area contributed by atoms with Crippen LogP contribution in [-0.2, 0) is 9.53 Å². The Bertz CT molecular complexity index is 270. The van der Waals surface area contributed by atoms with Crippen molar-refractivity contribution in [3.8, 4) is 0 Å². The third-order valence-electron chi connectivity index (χ3n) is 2.66. The molecule has 1 atom stereocenters. The zero-order valence-electron chi connectivity index (χ0n) is 11.9. The number of rotatable bonds is 8. The molecule has 4 nitrogen and oxygen atoms in total. The molecule has 0 aliphatic carbocycles. The van der Waals surface area contributed by atoms with Crippen molar-refractivity contribution in [2.45, 2.75) is 45.5 Å². The minimum atomic E-state index is -4.28. The molecule has 0 saturated heterocycles. The van der Waals surface area contributed by atoms with Crippen LogP contribution >= 0.6 is 0 Å². The van der Waals surface area contributed by atoms with Gasteiger partial charge in [-0.3, -0.25) is 9.69 Å². The van der Waals surface area contributed by atoms with E-state index in [2.05, 4.69) is 10.1 Å². The zero-order valence-corrected chi connectivity index (χ0v) is 11.9. The first-order valence-electron chi connectivity index (χ1n) is 6.33. The molecule has 0 aliphatic rings. The lowest BCUT2D eigenvalue weighted by Crippen LogP contribution is -2.51. The highest BCUT2D eigenvalue weighted by Crippen LogP contribution is 2.18. The number of methoxy groups -OCH3 is 1. The second-order valence-electron chi connectivity index (χ2n) is 4.67.